The molecule has 0 aromatic carbocycles. The Labute approximate surface area is 119 Å². The van der Waals surface area contributed by atoms with Gasteiger partial charge in [0.15, 0.2) is 0 Å². The van der Waals surface area contributed by atoms with Gasteiger partial charge >= 0.3 is 0 Å². The quantitative estimate of drug-likeness (QED) is 0.342. The molecule has 0 heterocycles. The summed E-state index contributed by atoms with van der Waals surface area (Å²) < 4.78 is 0. The highest BCUT2D eigenvalue weighted by Gasteiger charge is 2.18. The first-order valence-corrected chi connectivity index (χ1v) is 11.1. The Morgan fingerprint density at radius 3 is 0.889 bits per heavy atom. The first-order valence-electron chi connectivity index (χ1n) is 7.78. The molecule has 2 heteroatoms. The fourth-order valence-corrected chi connectivity index (χ4v) is 8.44. The maximum atomic E-state index is 2.42. The Morgan fingerprint density at radius 1 is 0.500 bits per heavy atom. The second kappa shape index (κ2) is 9.72. The molecule has 110 valence electrons. The fourth-order valence-electron chi connectivity index (χ4n) is 2.81. The first kappa shape index (κ1) is 18.9. The van der Waals surface area contributed by atoms with Crippen LogP contribution >= 0.6 is 15.8 Å². The van der Waals surface area contributed by atoms with E-state index >= 15 is 0 Å². The summed E-state index contributed by atoms with van der Waals surface area (Å²) in [5, 5.41) is 0. The van der Waals surface area contributed by atoms with E-state index < -0.39 is 0 Å². The van der Waals surface area contributed by atoms with Crippen molar-refractivity contribution in [2.45, 2.75) is 90.9 Å². The van der Waals surface area contributed by atoms with Crippen molar-refractivity contribution in [2.24, 2.45) is 0 Å². The Bertz CT molecular complexity index is 159. The van der Waals surface area contributed by atoms with Gasteiger partial charge in [-0.25, -0.2) is 0 Å². The van der Waals surface area contributed by atoms with E-state index in [2.05, 4.69) is 55.4 Å². The highest BCUT2D eigenvalue weighted by atomic mass is 31.1. The summed E-state index contributed by atoms with van der Waals surface area (Å²) in [7, 11) is 0.534. The van der Waals surface area contributed by atoms with Gasteiger partial charge in [-0.05, 0) is 47.8 Å². The van der Waals surface area contributed by atoms with E-state index in [0.29, 0.717) is 0 Å². The molecule has 0 aliphatic rings. The second-order valence-electron chi connectivity index (χ2n) is 6.56. The fraction of sp³-hybridized carbons (Fsp3) is 1.00. The predicted molar refractivity (Wildman–Crippen MR) is 93.4 cm³/mol. The average molecular weight is 290 g/mol. The van der Waals surface area contributed by atoms with E-state index in [9.17, 15) is 0 Å². The molecular weight excluding hydrogens is 254 g/mol. The molecular formula is C16H36P2. The highest BCUT2D eigenvalue weighted by molar-refractivity contribution is 7.59. The molecule has 0 radical (unpaired) electrons. The van der Waals surface area contributed by atoms with Gasteiger partial charge in [0.2, 0.25) is 0 Å². The normalized spacial score (nSPS) is 13.0. The summed E-state index contributed by atoms with van der Waals surface area (Å²) in [5.74, 6) is 0. The zero-order chi connectivity index (χ0) is 14.3. The molecule has 0 fully saturated rings. The zero-order valence-corrected chi connectivity index (χ0v) is 15.8. The lowest BCUT2D eigenvalue weighted by Crippen LogP contribution is -2.09. The van der Waals surface area contributed by atoms with Crippen LogP contribution in [0.3, 0.4) is 0 Å². The maximum absolute atomic E-state index is 2.42. The molecule has 0 aromatic rings. The third kappa shape index (κ3) is 7.45. The average Bonchev–Trinajstić information content (AvgIpc) is 2.20. The van der Waals surface area contributed by atoms with E-state index in [0.717, 1.165) is 22.6 Å². The van der Waals surface area contributed by atoms with E-state index in [1.165, 1.54) is 25.2 Å². The van der Waals surface area contributed by atoms with Gasteiger partial charge in [0.1, 0.15) is 0 Å². The van der Waals surface area contributed by atoms with Crippen LogP contribution in [0.1, 0.15) is 68.2 Å². The molecule has 0 N–H and O–H groups in total. The molecule has 0 saturated carbocycles. The lowest BCUT2D eigenvalue weighted by Gasteiger charge is -2.28. The number of hydrogen-bond acceptors (Lipinski definition) is 0. The number of unbranched alkanes of at least 4 members (excludes halogenated alkanes) is 1. The smallest absolute Gasteiger partial charge is 0.0264 e. The van der Waals surface area contributed by atoms with Crippen LogP contribution in [-0.4, -0.2) is 35.0 Å². The van der Waals surface area contributed by atoms with Gasteiger partial charge < -0.3 is 0 Å². The standard InChI is InChI=1S/C16H36P2/c1-13(2)17(14(3)4)11-9-10-12-18(15(5)6)16(7)8/h13-16H,9-12H2,1-8H3. The van der Waals surface area contributed by atoms with Crippen LogP contribution < -0.4 is 0 Å². The minimum Gasteiger partial charge on any atom is -0.101 e. The minimum absolute atomic E-state index is 0.267. The summed E-state index contributed by atoms with van der Waals surface area (Å²) in [6.07, 6.45) is 5.95. The van der Waals surface area contributed by atoms with Crippen molar-refractivity contribution in [2.75, 3.05) is 12.3 Å². The van der Waals surface area contributed by atoms with Crippen LogP contribution in [0.25, 0.3) is 0 Å². The Morgan fingerprint density at radius 2 is 0.722 bits per heavy atom. The first-order chi connectivity index (χ1) is 8.27. The van der Waals surface area contributed by atoms with Crippen LogP contribution in [0.4, 0.5) is 0 Å². The number of rotatable bonds is 9. The van der Waals surface area contributed by atoms with Crippen LogP contribution in [-0.2, 0) is 0 Å². The van der Waals surface area contributed by atoms with E-state index in [4.69, 9.17) is 0 Å². The third-order valence-corrected chi connectivity index (χ3v) is 10.7. The van der Waals surface area contributed by atoms with Crippen molar-refractivity contribution < 1.29 is 0 Å². The molecule has 18 heavy (non-hydrogen) atoms. The summed E-state index contributed by atoms with van der Waals surface area (Å²) in [5.41, 5.74) is 3.65. The van der Waals surface area contributed by atoms with Crippen LogP contribution in [0.15, 0.2) is 0 Å². The molecule has 0 unspecified atom stereocenters. The van der Waals surface area contributed by atoms with Crippen LogP contribution in [0.5, 0.6) is 0 Å². The summed E-state index contributed by atoms with van der Waals surface area (Å²) in [4.78, 5) is 0. The lowest BCUT2D eigenvalue weighted by molar-refractivity contribution is 0.862. The van der Waals surface area contributed by atoms with Crippen molar-refractivity contribution >= 4 is 15.8 Å². The Hall–Kier alpha value is 0.860. The number of hydrogen-bond donors (Lipinski definition) is 0. The molecule has 0 nitrogen and oxygen atoms in total. The van der Waals surface area contributed by atoms with E-state index in [1.807, 2.05) is 0 Å². The summed E-state index contributed by atoms with van der Waals surface area (Å²) in [6, 6.07) is 0. The van der Waals surface area contributed by atoms with Gasteiger partial charge in [-0.3, -0.25) is 0 Å². The predicted octanol–water partition coefficient (Wildman–Crippen LogP) is 6.36. The second-order valence-corrected chi connectivity index (χ2v) is 13.6. The topological polar surface area (TPSA) is 0 Å². The van der Waals surface area contributed by atoms with Gasteiger partial charge in [0.05, 0.1) is 0 Å². The van der Waals surface area contributed by atoms with Gasteiger partial charge in [0.25, 0.3) is 0 Å². The molecule has 0 saturated heterocycles. The summed E-state index contributed by atoms with van der Waals surface area (Å²) >= 11 is 0. The Kier molecular flexibility index (Phi) is 10.2. The maximum Gasteiger partial charge on any atom is -0.0264 e. The van der Waals surface area contributed by atoms with Gasteiger partial charge in [-0.1, -0.05) is 55.4 Å². The third-order valence-electron chi connectivity index (χ3n) is 3.74. The molecule has 0 aliphatic heterocycles. The molecule has 0 rings (SSSR count). The molecule has 0 bridgehead atoms. The van der Waals surface area contributed by atoms with Gasteiger partial charge in [-0.15, -0.1) is 15.8 Å². The Balaban J connectivity index is 3.96. The van der Waals surface area contributed by atoms with Crippen molar-refractivity contribution in [1.29, 1.82) is 0 Å². The molecule has 0 aliphatic carbocycles. The van der Waals surface area contributed by atoms with Crippen LogP contribution in [0.2, 0.25) is 0 Å². The zero-order valence-electron chi connectivity index (χ0n) is 14.0. The molecule has 0 amide bonds. The molecule has 0 aromatic heterocycles. The minimum atomic E-state index is 0.267. The van der Waals surface area contributed by atoms with E-state index in [-0.39, 0.29) is 15.8 Å². The lowest BCUT2D eigenvalue weighted by atomic mass is 10.4. The molecule has 0 atom stereocenters. The van der Waals surface area contributed by atoms with Crippen LogP contribution in [0, 0.1) is 0 Å². The largest absolute Gasteiger partial charge is 0.101 e. The van der Waals surface area contributed by atoms with Crippen molar-refractivity contribution in [3.8, 4) is 0 Å². The van der Waals surface area contributed by atoms with Gasteiger partial charge in [0, 0.05) is 0 Å². The van der Waals surface area contributed by atoms with Crippen molar-refractivity contribution in [3.63, 3.8) is 0 Å². The highest BCUT2D eigenvalue weighted by Crippen LogP contribution is 2.49. The van der Waals surface area contributed by atoms with E-state index in [1.54, 1.807) is 0 Å². The molecule has 0 spiro atoms. The summed E-state index contributed by atoms with van der Waals surface area (Å²) in [6.45, 7) is 19.3. The SMILES string of the molecule is CC(C)P(CCCCP(C(C)C)C(C)C)C(C)C. The van der Waals surface area contributed by atoms with Gasteiger partial charge in [-0.2, -0.15) is 0 Å². The van der Waals surface area contributed by atoms with Crippen molar-refractivity contribution in [1.82, 2.24) is 0 Å². The van der Waals surface area contributed by atoms with Crippen molar-refractivity contribution in [3.05, 3.63) is 0 Å². The monoisotopic (exact) mass is 290 g/mol.